The molecule has 1 aliphatic carbocycles. The van der Waals surface area contributed by atoms with Gasteiger partial charge < -0.3 is 103 Å². The summed E-state index contributed by atoms with van der Waals surface area (Å²) in [6, 6.07) is 8.64. The summed E-state index contributed by atoms with van der Waals surface area (Å²) in [5.74, 6) is -7.59. The minimum absolute atomic E-state index is 0.0312. The van der Waals surface area contributed by atoms with E-state index in [9.17, 15) is 57.8 Å². The van der Waals surface area contributed by atoms with E-state index >= 15 is 4.79 Å². The highest BCUT2D eigenvalue weighted by Gasteiger charge is 2.56. The van der Waals surface area contributed by atoms with E-state index in [2.05, 4.69) is 40.4 Å². The zero-order chi connectivity index (χ0) is 86.8. The maximum atomic E-state index is 15.1. The van der Waals surface area contributed by atoms with E-state index in [4.69, 9.17) is 61.6 Å². The Morgan fingerprint density at radius 2 is 1.24 bits per heavy atom. The Kier molecular flexibility index (Phi) is 42.4. The van der Waals surface area contributed by atoms with Crippen molar-refractivity contribution in [3.63, 3.8) is 0 Å². The zero-order valence-corrected chi connectivity index (χ0v) is 71.5. The summed E-state index contributed by atoms with van der Waals surface area (Å²) in [6.07, 6.45) is -7.51. The summed E-state index contributed by atoms with van der Waals surface area (Å²) in [5, 5.41) is 25.0. The second-order valence-corrected chi connectivity index (χ2v) is 30.8. The lowest BCUT2D eigenvalue weighted by molar-refractivity contribution is -0.282. The number of hydrogen-bond donors (Lipinski definition) is 6. The normalized spacial score (nSPS) is 21.2. The number of amides is 8. The number of anilines is 1. The molecular weight excluding hydrogens is 1520 g/mol. The van der Waals surface area contributed by atoms with Crippen LogP contribution in [0.25, 0.3) is 0 Å². The third kappa shape index (κ3) is 30.5. The van der Waals surface area contributed by atoms with Crippen molar-refractivity contribution in [3.05, 3.63) is 59.7 Å². The third-order valence-electron chi connectivity index (χ3n) is 21.4. The van der Waals surface area contributed by atoms with Gasteiger partial charge in [-0.05, 0) is 79.0 Å². The van der Waals surface area contributed by atoms with Gasteiger partial charge in [-0.15, -0.1) is 0 Å². The second kappa shape index (κ2) is 50.2. The Morgan fingerprint density at radius 3 is 1.80 bits per heavy atom. The summed E-state index contributed by atoms with van der Waals surface area (Å²) in [4.78, 5) is 167. The highest BCUT2D eigenvalue weighted by molar-refractivity contribution is 5.94. The first-order valence-electron chi connectivity index (χ1n) is 40.8. The average Bonchev–Trinajstić information content (AvgIpc) is 1.61. The number of esters is 4. The van der Waals surface area contributed by atoms with Crippen LogP contribution in [0.3, 0.4) is 0 Å². The molecule has 18 atom stereocenters. The van der Waals surface area contributed by atoms with Gasteiger partial charge in [0, 0.05) is 92.8 Å². The quantitative estimate of drug-likeness (QED) is 0.0227. The largest absolute Gasteiger partial charge is 0.467 e. The number of aliphatic hydroxyl groups is 1. The van der Waals surface area contributed by atoms with Crippen molar-refractivity contribution >= 4 is 77.2 Å². The lowest BCUT2D eigenvalue weighted by atomic mass is 9.89. The fourth-order valence-electron chi connectivity index (χ4n) is 15.2. The summed E-state index contributed by atoms with van der Waals surface area (Å²) in [5.41, 5.74) is 0.694. The van der Waals surface area contributed by atoms with E-state index in [1.165, 1.54) is 44.4 Å². The van der Waals surface area contributed by atoms with Crippen molar-refractivity contribution < 1.29 is 124 Å². The van der Waals surface area contributed by atoms with Crippen molar-refractivity contribution in [3.8, 4) is 5.75 Å². The Labute approximate surface area is 688 Å². The maximum Gasteiger partial charge on any atom is 0.410 e. The van der Waals surface area contributed by atoms with Crippen LogP contribution in [0.5, 0.6) is 5.75 Å². The first-order valence-corrected chi connectivity index (χ1v) is 40.8. The van der Waals surface area contributed by atoms with Crippen LogP contribution < -0.4 is 31.3 Å². The van der Waals surface area contributed by atoms with E-state index in [0.29, 0.717) is 68.9 Å². The number of benzene rings is 2. The van der Waals surface area contributed by atoms with Gasteiger partial charge in [0.25, 0.3) is 0 Å². The van der Waals surface area contributed by atoms with Crippen LogP contribution in [-0.4, -0.2) is 266 Å². The molecule has 2 aromatic carbocycles. The van der Waals surface area contributed by atoms with Crippen LogP contribution in [0.1, 0.15) is 171 Å². The molecule has 0 spiro atoms. The average molecular weight is 1660 g/mol. The molecule has 0 bridgehead atoms. The lowest BCUT2D eigenvalue weighted by Gasteiger charge is -2.43. The molecule has 5 rings (SSSR count). The van der Waals surface area contributed by atoms with Crippen molar-refractivity contribution in [2.75, 3.05) is 107 Å². The summed E-state index contributed by atoms with van der Waals surface area (Å²) in [6.45, 7) is 23.6. The molecule has 2 aliphatic heterocycles. The number of hydrogen-bond acceptors (Lipinski definition) is 26. The summed E-state index contributed by atoms with van der Waals surface area (Å²) in [7, 11) is 6.87. The molecular formula is C83H130N8O26. The van der Waals surface area contributed by atoms with Gasteiger partial charge in [-0.1, -0.05) is 125 Å². The topological polar surface area (TPSA) is 415 Å². The molecule has 0 aromatic heterocycles. The number of carbonyl (C=O) groups excluding carboxylic acids is 12. The van der Waals surface area contributed by atoms with Crippen LogP contribution in [0.15, 0.2) is 48.5 Å². The van der Waals surface area contributed by atoms with Gasteiger partial charge in [0.1, 0.15) is 24.4 Å². The van der Waals surface area contributed by atoms with Crippen LogP contribution in [0.4, 0.5) is 15.3 Å². The van der Waals surface area contributed by atoms with Crippen LogP contribution in [0, 0.1) is 41.4 Å². The van der Waals surface area contributed by atoms with E-state index in [-0.39, 0.29) is 93.6 Å². The minimum atomic E-state index is -1.89. The molecule has 2 saturated heterocycles. The smallest absolute Gasteiger partial charge is 0.410 e. The predicted octanol–water partition coefficient (Wildman–Crippen LogP) is 6.72. The third-order valence-corrected chi connectivity index (χ3v) is 21.4. The maximum absolute atomic E-state index is 15.1. The standard InChI is InChI=1S/C83H130N8O26/c1-19-26-59-60(27-20-2)61(59)47-111-82(103)85-36-39-109-41-43-110-42-40-108-38-35-84-65(95)33-34-66(96)87-58-31-32-63(116-81-76(115-55(13)94)74(114-54(12)93)73(113-53(11)92)75(117-81)80(102)107-18)57(44-58)46-112-83(104)90(15)69(49(6)7)78(100)88-68(48(4)5)79(101)89(14)70(50(8)21-3)64(105-16)45-67(97)91-37-25-30-62(91)72(106-17)51(9)77(99)86-52(10)71(98)56-28-23-22-24-29-56/h22-24,28-29,31-32,44,48-52,59-62,64,68-76,81,98H,19-21,25-27,30,33-43,45-47H2,1-18H3,(H,84,95)(H,85,103)(H,86,99)(H,87,96)(H,88,100)/t50-,51+,52+,59-,60+,61-,62-,64+,68-,69-,70-,71+,72+,73-,74?,75?,76?,81+/m0/s1. The number of nitrogens with one attached hydrogen (secondary N) is 5. The summed E-state index contributed by atoms with van der Waals surface area (Å²) < 4.78 is 74.0. The van der Waals surface area contributed by atoms with Gasteiger partial charge in [0.05, 0.1) is 102 Å². The fourth-order valence-corrected chi connectivity index (χ4v) is 15.2. The number of ether oxygens (including phenoxy) is 13. The Hall–Kier alpha value is -8.80. The van der Waals surface area contributed by atoms with E-state index in [1.54, 1.807) is 77.8 Å². The van der Waals surface area contributed by atoms with E-state index < -0.39 is 163 Å². The molecule has 3 aliphatic rings. The van der Waals surface area contributed by atoms with Gasteiger partial charge in [-0.2, -0.15) is 0 Å². The molecule has 0 radical (unpaired) electrons. The highest BCUT2D eigenvalue weighted by atomic mass is 16.7. The first-order chi connectivity index (χ1) is 55.7. The van der Waals surface area contributed by atoms with Crippen molar-refractivity contribution in [2.24, 2.45) is 41.4 Å². The number of likely N-dealkylation sites (tertiary alicyclic amines) is 1. The number of carbonyl (C=O) groups is 12. The van der Waals surface area contributed by atoms with E-state index in [0.717, 1.165) is 58.5 Å². The van der Waals surface area contributed by atoms with Crippen molar-refractivity contribution in [2.45, 2.75) is 240 Å². The number of aliphatic hydroxyl groups excluding tert-OH is 1. The van der Waals surface area contributed by atoms with Gasteiger partial charge in [-0.3, -0.25) is 48.1 Å². The lowest BCUT2D eigenvalue weighted by Crippen LogP contribution is -2.64. The van der Waals surface area contributed by atoms with Crippen LogP contribution >= 0.6 is 0 Å². The molecule has 2 heterocycles. The number of methoxy groups -OCH3 is 3. The molecule has 117 heavy (non-hydrogen) atoms. The van der Waals surface area contributed by atoms with Crippen molar-refractivity contribution in [1.82, 2.24) is 36.0 Å². The molecule has 3 fully saturated rings. The van der Waals surface area contributed by atoms with Gasteiger partial charge in [-0.25, -0.2) is 14.4 Å². The number of rotatable bonds is 50. The van der Waals surface area contributed by atoms with Gasteiger partial charge in [0.2, 0.25) is 47.8 Å². The second-order valence-electron chi connectivity index (χ2n) is 30.8. The minimum Gasteiger partial charge on any atom is -0.467 e. The van der Waals surface area contributed by atoms with Crippen LogP contribution in [0.2, 0.25) is 0 Å². The zero-order valence-electron chi connectivity index (χ0n) is 71.5. The monoisotopic (exact) mass is 1650 g/mol. The predicted molar refractivity (Wildman–Crippen MR) is 426 cm³/mol. The summed E-state index contributed by atoms with van der Waals surface area (Å²) >= 11 is 0. The molecule has 6 N–H and O–H groups in total. The Balaban J connectivity index is 1.25. The number of nitrogens with zero attached hydrogens (tertiary/aromatic N) is 3. The number of likely N-dealkylation sites (N-methyl/N-ethyl adjacent to an activating group) is 2. The molecule has 2 aromatic rings. The SMILES string of the molecule is CCC[C@@H]1[C@H](CCC)[C@@H]1COC(=O)NCCOCCOCCOCCNC(=O)CCC(=O)Nc1ccc(O[C@@H]2OC(C(=O)OC)[C@@H](OC(C)=O)C(OC(C)=O)C2OC(C)=O)c(COC(=O)N(C)[C@H](C(=O)N[C@H](C(=O)N(C)[C@@H]([C@@H](C)CC)[C@@H](CC(=O)N2CCC[C@H]2[C@H](OC)[C@@H](C)C(=O)N[C@H](C)[C@@H](O)c2ccccc2)OC)C(C)C)C(C)C)c1. The fraction of sp³-hybridized carbons (Fsp3) is 0.711. The Bertz CT molecular complexity index is 3510. The molecule has 658 valence electrons. The van der Waals surface area contributed by atoms with Crippen LogP contribution in [-0.2, 0) is 111 Å². The van der Waals surface area contributed by atoms with Gasteiger partial charge in [0.15, 0.2) is 18.3 Å². The number of alkyl carbamates (subject to hydrolysis) is 1. The highest BCUT2D eigenvalue weighted by Crippen LogP contribution is 2.52. The molecule has 34 nitrogen and oxygen atoms in total. The Morgan fingerprint density at radius 1 is 0.650 bits per heavy atom. The van der Waals surface area contributed by atoms with Gasteiger partial charge >= 0.3 is 36.1 Å². The molecule has 34 heteroatoms. The van der Waals surface area contributed by atoms with E-state index in [1.807, 2.05) is 19.9 Å². The molecule has 8 amide bonds. The molecule has 1 saturated carbocycles. The first kappa shape index (κ1) is 98.8. The molecule has 3 unspecified atom stereocenters. The van der Waals surface area contributed by atoms with Crippen molar-refractivity contribution in [1.29, 1.82) is 0 Å².